The fourth-order valence-corrected chi connectivity index (χ4v) is 2.52. The molecule has 1 aliphatic rings. The van der Waals surface area contributed by atoms with Crippen LogP contribution in [0.15, 0.2) is 24.3 Å². The molecule has 1 N–H and O–H groups in total. The number of rotatable bonds is 4. The molecular formula is C14H21NO. The molecule has 16 heavy (non-hydrogen) atoms. The van der Waals surface area contributed by atoms with Crippen LogP contribution in [0.4, 0.5) is 0 Å². The van der Waals surface area contributed by atoms with Crippen molar-refractivity contribution in [2.75, 3.05) is 13.7 Å². The van der Waals surface area contributed by atoms with E-state index < -0.39 is 0 Å². The largest absolute Gasteiger partial charge is 0.372 e. The van der Waals surface area contributed by atoms with E-state index in [9.17, 15) is 0 Å². The zero-order valence-corrected chi connectivity index (χ0v) is 10.2. The second-order valence-electron chi connectivity index (χ2n) is 4.42. The molecule has 0 fully saturated rings. The maximum absolute atomic E-state index is 5.95. The van der Waals surface area contributed by atoms with Crippen LogP contribution in [0.25, 0.3) is 0 Å². The summed E-state index contributed by atoms with van der Waals surface area (Å²) < 4.78 is 5.95. The Morgan fingerprint density at radius 3 is 3.00 bits per heavy atom. The monoisotopic (exact) mass is 219 g/mol. The van der Waals surface area contributed by atoms with Crippen molar-refractivity contribution >= 4 is 0 Å². The summed E-state index contributed by atoms with van der Waals surface area (Å²) >= 11 is 0. The van der Waals surface area contributed by atoms with Crippen molar-refractivity contribution in [2.45, 2.75) is 38.3 Å². The summed E-state index contributed by atoms with van der Waals surface area (Å²) in [5.74, 6) is 0. The van der Waals surface area contributed by atoms with Gasteiger partial charge in [-0.05, 0) is 31.0 Å². The molecule has 1 heterocycles. The van der Waals surface area contributed by atoms with E-state index in [4.69, 9.17) is 4.74 Å². The van der Waals surface area contributed by atoms with E-state index in [0.29, 0.717) is 6.04 Å². The summed E-state index contributed by atoms with van der Waals surface area (Å²) in [6, 6.07) is 9.10. The molecule has 0 radical (unpaired) electrons. The normalized spacial score (nSPS) is 21.5. The molecule has 0 spiro atoms. The highest BCUT2D eigenvalue weighted by Gasteiger charge is 2.26. The van der Waals surface area contributed by atoms with Gasteiger partial charge in [0.1, 0.15) is 0 Å². The average Bonchev–Trinajstić information content (AvgIpc) is 2.35. The molecule has 2 atom stereocenters. The Kier molecular flexibility index (Phi) is 3.97. The van der Waals surface area contributed by atoms with Crippen LogP contribution in [0, 0.1) is 0 Å². The van der Waals surface area contributed by atoms with Gasteiger partial charge in [-0.1, -0.05) is 37.6 Å². The van der Waals surface area contributed by atoms with Gasteiger partial charge >= 0.3 is 0 Å². The topological polar surface area (TPSA) is 21.3 Å². The molecule has 0 bridgehead atoms. The van der Waals surface area contributed by atoms with Crippen molar-refractivity contribution < 1.29 is 4.74 Å². The third-order valence-electron chi connectivity index (χ3n) is 3.37. The molecule has 2 unspecified atom stereocenters. The molecule has 0 aliphatic carbocycles. The summed E-state index contributed by atoms with van der Waals surface area (Å²) in [5.41, 5.74) is 2.83. The smallest absolute Gasteiger partial charge is 0.0980 e. The van der Waals surface area contributed by atoms with E-state index in [2.05, 4.69) is 36.5 Å². The van der Waals surface area contributed by atoms with Crippen LogP contribution in [-0.4, -0.2) is 19.7 Å². The van der Waals surface area contributed by atoms with Gasteiger partial charge in [0.2, 0.25) is 0 Å². The van der Waals surface area contributed by atoms with Crippen LogP contribution >= 0.6 is 0 Å². The molecule has 2 rings (SSSR count). The van der Waals surface area contributed by atoms with E-state index in [0.717, 1.165) is 19.4 Å². The predicted octanol–water partition coefficient (Wildman–Crippen LogP) is 2.69. The Bertz CT molecular complexity index is 337. The number of likely N-dealkylation sites (N-methyl/N-ethyl adjacent to an activating group) is 1. The summed E-state index contributed by atoms with van der Waals surface area (Å²) in [7, 11) is 2.03. The van der Waals surface area contributed by atoms with Crippen molar-refractivity contribution in [3.05, 3.63) is 35.4 Å². The quantitative estimate of drug-likeness (QED) is 0.840. The average molecular weight is 219 g/mol. The first kappa shape index (κ1) is 11.6. The number of fused-ring (bicyclic) bond motifs is 1. The van der Waals surface area contributed by atoms with Crippen molar-refractivity contribution in [1.82, 2.24) is 5.32 Å². The van der Waals surface area contributed by atoms with Crippen LogP contribution in [-0.2, 0) is 11.2 Å². The summed E-state index contributed by atoms with van der Waals surface area (Å²) in [4.78, 5) is 0. The van der Waals surface area contributed by atoms with Crippen LogP contribution in [0.3, 0.4) is 0 Å². The number of hydrogen-bond donors (Lipinski definition) is 1. The number of nitrogens with one attached hydrogen (secondary N) is 1. The number of hydrogen-bond acceptors (Lipinski definition) is 2. The lowest BCUT2D eigenvalue weighted by molar-refractivity contribution is 0.0149. The molecule has 2 heteroatoms. The summed E-state index contributed by atoms with van der Waals surface area (Å²) in [6.07, 6.45) is 3.63. The van der Waals surface area contributed by atoms with Crippen LogP contribution in [0.5, 0.6) is 0 Å². The minimum atomic E-state index is 0.231. The SMILES string of the molecule is CCCC(NC)C1OCCc2ccccc21. The molecule has 0 amide bonds. The number of ether oxygens (including phenoxy) is 1. The highest BCUT2D eigenvalue weighted by molar-refractivity contribution is 5.31. The van der Waals surface area contributed by atoms with Gasteiger partial charge in [0, 0.05) is 6.04 Å². The van der Waals surface area contributed by atoms with Gasteiger partial charge in [0.15, 0.2) is 0 Å². The van der Waals surface area contributed by atoms with Gasteiger partial charge in [-0.15, -0.1) is 0 Å². The van der Waals surface area contributed by atoms with Gasteiger partial charge in [0.05, 0.1) is 12.7 Å². The summed E-state index contributed by atoms with van der Waals surface area (Å²) in [5, 5.41) is 3.39. The minimum absolute atomic E-state index is 0.231. The zero-order chi connectivity index (χ0) is 11.4. The molecule has 0 saturated heterocycles. The molecule has 88 valence electrons. The van der Waals surface area contributed by atoms with E-state index in [1.54, 1.807) is 0 Å². The van der Waals surface area contributed by atoms with Gasteiger partial charge in [-0.25, -0.2) is 0 Å². The maximum atomic E-state index is 5.95. The maximum Gasteiger partial charge on any atom is 0.0980 e. The highest BCUT2D eigenvalue weighted by Crippen LogP contribution is 2.30. The third-order valence-corrected chi connectivity index (χ3v) is 3.37. The van der Waals surface area contributed by atoms with Crippen LogP contribution in [0.2, 0.25) is 0 Å². The van der Waals surface area contributed by atoms with Gasteiger partial charge < -0.3 is 10.1 Å². The van der Waals surface area contributed by atoms with E-state index in [-0.39, 0.29) is 6.10 Å². The van der Waals surface area contributed by atoms with Crippen molar-refractivity contribution in [1.29, 1.82) is 0 Å². The Morgan fingerprint density at radius 1 is 1.44 bits per heavy atom. The first-order valence-electron chi connectivity index (χ1n) is 6.23. The van der Waals surface area contributed by atoms with E-state index in [1.165, 1.54) is 17.5 Å². The minimum Gasteiger partial charge on any atom is -0.372 e. The predicted molar refractivity (Wildman–Crippen MR) is 66.6 cm³/mol. The second-order valence-corrected chi connectivity index (χ2v) is 4.42. The van der Waals surface area contributed by atoms with Crippen molar-refractivity contribution in [2.24, 2.45) is 0 Å². The van der Waals surface area contributed by atoms with Gasteiger partial charge in [-0.3, -0.25) is 0 Å². The molecule has 0 aromatic heterocycles. The lowest BCUT2D eigenvalue weighted by Gasteiger charge is -2.32. The van der Waals surface area contributed by atoms with E-state index >= 15 is 0 Å². The first-order chi connectivity index (χ1) is 7.86. The molecule has 1 aromatic carbocycles. The Balaban J connectivity index is 2.23. The highest BCUT2D eigenvalue weighted by atomic mass is 16.5. The molecule has 1 aliphatic heterocycles. The molecule has 1 aromatic rings. The Hall–Kier alpha value is -0.860. The lowest BCUT2D eigenvalue weighted by atomic mass is 9.91. The zero-order valence-electron chi connectivity index (χ0n) is 10.2. The van der Waals surface area contributed by atoms with Crippen molar-refractivity contribution in [3.63, 3.8) is 0 Å². The molecule has 0 saturated carbocycles. The summed E-state index contributed by atoms with van der Waals surface area (Å²) in [6.45, 7) is 3.07. The third kappa shape index (κ3) is 2.28. The second kappa shape index (κ2) is 5.46. The van der Waals surface area contributed by atoms with Crippen LogP contribution in [0.1, 0.15) is 37.0 Å². The van der Waals surface area contributed by atoms with E-state index in [1.807, 2.05) is 7.05 Å². The Morgan fingerprint density at radius 2 is 2.25 bits per heavy atom. The van der Waals surface area contributed by atoms with Crippen LogP contribution < -0.4 is 5.32 Å². The fraction of sp³-hybridized carbons (Fsp3) is 0.571. The molecular weight excluding hydrogens is 198 g/mol. The first-order valence-corrected chi connectivity index (χ1v) is 6.23. The fourth-order valence-electron chi connectivity index (χ4n) is 2.52. The van der Waals surface area contributed by atoms with Crippen molar-refractivity contribution in [3.8, 4) is 0 Å². The Labute approximate surface area is 98.0 Å². The standard InChI is InChI=1S/C14H21NO/c1-3-6-13(15-2)14-12-8-5-4-7-11(12)9-10-16-14/h4-5,7-8,13-15H,3,6,9-10H2,1-2H3. The number of benzene rings is 1. The lowest BCUT2D eigenvalue weighted by Crippen LogP contribution is -2.36. The van der Waals surface area contributed by atoms with Gasteiger partial charge in [0.25, 0.3) is 0 Å². The molecule has 2 nitrogen and oxygen atoms in total. The van der Waals surface area contributed by atoms with Gasteiger partial charge in [-0.2, -0.15) is 0 Å².